The Kier molecular flexibility index (Phi) is 6.19. The molecule has 0 saturated heterocycles. The van der Waals surface area contributed by atoms with E-state index in [4.69, 9.17) is 0 Å². The van der Waals surface area contributed by atoms with Crippen LogP contribution < -0.4 is 10.3 Å². The Balaban J connectivity index is 1.87. The maximum atomic E-state index is 13.3. The number of hydrogen-bond acceptors (Lipinski definition) is 4. The second kappa shape index (κ2) is 8.66. The molecule has 0 N–H and O–H groups in total. The number of ether oxygens (including phenoxy) is 1. The van der Waals surface area contributed by atoms with Crippen molar-refractivity contribution in [2.75, 3.05) is 0 Å². The molecule has 0 radical (unpaired) electrons. The Morgan fingerprint density at radius 2 is 1.74 bits per heavy atom. The van der Waals surface area contributed by atoms with E-state index in [9.17, 15) is 31.5 Å². The van der Waals surface area contributed by atoms with E-state index in [1.54, 1.807) is 0 Å². The molecule has 0 amide bonds. The molecule has 10 heteroatoms. The highest BCUT2D eigenvalue weighted by atomic mass is 19.4. The van der Waals surface area contributed by atoms with E-state index in [2.05, 4.69) is 9.84 Å². The van der Waals surface area contributed by atoms with Crippen LogP contribution in [0.25, 0.3) is 11.3 Å². The summed E-state index contributed by atoms with van der Waals surface area (Å²) in [7, 11) is 0. The van der Waals surface area contributed by atoms with Crippen LogP contribution in [-0.4, -0.2) is 21.9 Å². The molecular weight excluding hydrogens is 423 g/mol. The van der Waals surface area contributed by atoms with Crippen molar-refractivity contribution in [3.05, 3.63) is 82.1 Å². The highest BCUT2D eigenvalue weighted by Gasteiger charge is 2.31. The number of nitrogens with zero attached hydrogens (tertiary/aromatic N) is 2. The zero-order chi connectivity index (χ0) is 22.8. The fourth-order valence-corrected chi connectivity index (χ4v) is 2.91. The van der Waals surface area contributed by atoms with Gasteiger partial charge in [-0.3, -0.25) is 9.59 Å². The number of aromatic nitrogens is 2. The number of hydrogen-bond donors (Lipinski definition) is 0. The number of carbonyl (C=O) groups excluding carboxylic acids is 1. The lowest BCUT2D eigenvalue weighted by molar-refractivity contribution is -0.274. The van der Waals surface area contributed by atoms with E-state index >= 15 is 0 Å². The normalized spacial score (nSPS) is 12.5. The van der Waals surface area contributed by atoms with Crippen molar-refractivity contribution >= 4 is 5.78 Å². The van der Waals surface area contributed by atoms with Crippen molar-refractivity contribution in [3.8, 4) is 17.0 Å². The Morgan fingerprint density at radius 3 is 2.39 bits per heavy atom. The van der Waals surface area contributed by atoms with Crippen molar-refractivity contribution in [3.63, 3.8) is 0 Å². The molecule has 0 aliphatic heterocycles. The SMILES string of the molecule is CC(C(=O)Cc1cc(F)cc(F)c1)n1nc(-c2cccc(OC(F)(F)F)c2)ccc1=O. The summed E-state index contributed by atoms with van der Waals surface area (Å²) in [5.41, 5.74) is -0.181. The fourth-order valence-electron chi connectivity index (χ4n) is 2.91. The van der Waals surface area contributed by atoms with Crippen molar-refractivity contribution in [1.29, 1.82) is 0 Å². The van der Waals surface area contributed by atoms with Gasteiger partial charge < -0.3 is 4.74 Å². The van der Waals surface area contributed by atoms with E-state index in [0.717, 1.165) is 35.0 Å². The van der Waals surface area contributed by atoms with Crippen LogP contribution >= 0.6 is 0 Å². The van der Waals surface area contributed by atoms with Crippen LogP contribution in [0, 0.1) is 11.6 Å². The minimum atomic E-state index is -4.87. The first-order chi connectivity index (χ1) is 14.5. The Morgan fingerprint density at radius 1 is 1.06 bits per heavy atom. The van der Waals surface area contributed by atoms with E-state index in [1.165, 1.54) is 25.1 Å². The molecule has 1 unspecified atom stereocenters. The molecule has 0 aliphatic rings. The molecule has 2 aromatic carbocycles. The third kappa shape index (κ3) is 5.74. The van der Waals surface area contributed by atoms with Gasteiger partial charge in [0.25, 0.3) is 5.56 Å². The quantitative estimate of drug-likeness (QED) is 0.534. The van der Waals surface area contributed by atoms with Gasteiger partial charge in [0.2, 0.25) is 0 Å². The number of ketones is 1. The number of rotatable bonds is 6. The van der Waals surface area contributed by atoms with Gasteiger partial charge in [0.15, 0.2) is 5.78 Å². The van der Waals surface area contributed by atoms with Crippen molar-refractivity contribution in [1.82, 2.24) is 9.78 Å². The molecule has 0 spiro atoms. The molecule has 0 bridgehead atoms. The van der Waals surface area contributed by atoms with Crippen LogP contribution in [0.5, 0.6) is 5.75 Å². The predicted octanol–water partition coefficient (Wildman–Crippen LogP) is 4.46. The lowest BCUT2D eigenvalue weighted by Crippen LogP contribution is -2.31. The largest absolute Gasteiger partial charge is 0.573 e. The minimum absolute atomic E-state index is 0.0931. The number of Topliss-reactive ketones (excluding diaryl/α,β-unsaturated/α-hetero) is 1. The topological polar surface area (TPSA) is 61.2 Å². The zero-order valence-corrected chi connectivity index (χ0v) is 16.0. The first kappa shape index (κ1) is 22.1. The molecule has 3 aromatic rings. The van der Waals surface area contributed by atoms with E-state index in [-0.39, 0.29) is 23.2 Å². The monoisotopic (exact) mass is 438 g/mol. The van der Waals surface area contributed by atoms with Crippen LogP contribution in [-0.2, 0) is 11.2 Å². The molecule has 1 aromatic heterocycles. The summed E-state index contributed by atoms with van der Waals surface area (Å²) in [5.74, 6) is -2.69. The van der Waals surface area contributed by atoms with E-state index in [1.807, 2.05) is 0 Å². The molecule has 5 nitrogen and oxygen atoms in total. The lowest BCUT2D eigenvalue weighted by Gasteiger charge is -2.15. The molecule has 3 rings (SSSR count). The highest BCUT2D eigenvalue weighted by molar-refractivity contribution is 5.84. The zero-order valence-electron chi connectivity index (χ0n) is 16.0. The number of halogens is 5. The minimum Gasteiger partial charge on any atom is -0.406 e. The van der Waals surface area contributed by atoms with Crippen LogP contribution in [0.1, 0.15) is 18.5 Å². The summed E-state index contributed by atoms with van der Waals surface area (Å²) in [4.78, 5) is 24.8. The fraction of sp³-hybridized carbons (Fsp3) is 0.190. The summed E-state index contributed by atoms with van der Waals surface area (Å²) in [6, 6.07) is 8.99. The summed E-state index contributed by atoms with van der Waals surface area (Å²) < 4.78 is 68.8. The van der Waals surface area contributed by atoms with Crippen LogP contribution in [0.2, 0.25) is 0 Å². The second-order valence-corrected chi connectivity index (χ2v) is 6.67. The van der Waals surface area contributed by atoms with Gasteiger partial charge in [0.1, 0.15) is 23.4 Å². The van der Waals surface area contributed by atoms with Crippen LogP contribution in [0.3, 0.4) is 0 Å². The standard InChI is InChI=1S/C21H15F5N2O3/c1-12(19(29)9-13-7-15(22)11-16(23)8-13)28-20(30)6-5-18(27-28)14-3-2-4-17(10-14)31-21(24,25)26/h2-8,10-12H,9H2,1H3. The van der Waals surface area contributed by atoms with Gasteiger partial charge in [0.05, 0.1) is 5.69 Å². The molecule has 1 atom stereocenters. The number of benzene rings is 2. The smallest absolute Gasteiger partial charge is 0.406 e. The first-order valence-electron chi connectivity index (χ1n) is 8.95. The molecular formula is C21H15F5N2O3. The number of carbonyl (C=O) groups is 1. The Hall–Kier alpha value is -3.56. The van der Waals surface area contributed by atoms with Gasteiger partial charge in [-0.15, -0.1) is 13.2 Å². The summed E-state index contributed by atoms with van der Waals surface area (Å²) in [6.07, 6.45) is -5.22. The second-order valence-electron chi connectivity index (χ2n) is 6.67. The van der Waals surface area contributed by atoms with Gasteiger partial charge in [-0.2, -0.15) is 5.10 Å². The van der Waals surface area contributed by atoms with E-state index < -0.39 is 41.1 Å². The Bertz CT molecular complexity index is 1150. The molecule has 1 heterocycles. The van der Waals surface area contributed by atoms with Crippen LogP contribution in [0.4, 0.5) is 22.0 Å². The lowest BCUT2D eigenvalue weighted by atomic mass is 10.0. The van der Waals surface area contributed by atoms with Gasteiger partial charge in [0, 0.05) is 24.1 Å². The molecule has 162 valence electrons. The van der Waals surface area contributed by atoms with E-state index in [0.29, 0.717) is 6.07 Å². The van der Waals surface area contributed by atoms with Gasteiger partial charge >= 0.3 is 6.36 Å². The van der Waals surface area contributed by atoms with Crippen molar-refractivity contribution < 1.29 is 31.5 Å². The van der Waals surface area contributed by atoms with Gasteiger partial charge in [-0.25, -0.2) is 13.5 Å². The van der Waals surface area contributed by atoms with Crippen molar-refractivity contribution in [2.45, 2.75) is 25.7 Å². The van der Waals surface area contributed by atoms with Crippen molar-refractivity contribution in [2.24, 2.45) is 0 Å². The highest BCUT2D eigenvalue weighted by Crippen LogP contribution is 2.27. The molecule has 31 heavy (non-hydrogen) atoms. The number of alkyl halides is 3. The molecule has 0 aliphatic carbocycles. The summed E-state index contributed by atoms with van der Waals surface area (Å²) >= 11 is 0. The van der Waals surface area contributed by atoms with Crippen LogP contribution in [0.15, 0.2) is 59.4 Å². The average molecular weight is 438 g/mol. The summed E-state index contributed by atoms with van der Waals surface area (Å²) in [6.45, 7) is 1.39. The van der Waals surface area contributed by atoms with Gasteiger partial charge in [-0.05, 0) is 42.8 Å². The van der Waals surface area contributed by atoms with Gasteiger partial charge in [-0.1, -0.05) is 12.1 Å². The Labute approximate surface area is 172 Å². The average Bonchev–Trinajstić information content (AvgIpc) is 2.66. The predicted molar refractivity (Wildman–Crippen MR) is 100 cm³/mol. The maximum absolute atomic E-state index is 13.3. The first-order valence-corrected chi connectivity index (χ1v) is 8.95. The molecule has 0 fully saturated rings. The summed E-state index contributed by atoms with van der Waals surface area (Å²) in [5, 5.41) is 4.08. The molecule has 0 saturated carbocycles. The third-order valence-corrected chi connectivity index (χ3v) is 4.32. The third-order valence-electron chi connectivity index (χ3n) is 4.32. The maximum Gasteiger partial charge on any atom is 0.573 e.